The quantitative estimate of drug-likeness (QED) is 0.618. The molecule has 2 aromatic rings. The van der Waals surface area contributed by atoms with Gasteiger partial charge in [-0.05, 0) is 18.9 Å². The summed E-state index contributed by atoms with van der Waals surface area (Å²) in [6, 6.07) is 8.55. The highest BCUT2D eigenvalue weighted by atomic mass is 15.2. The lowest BCUT2D eigenvalue weighted by molar-refractivity contribution is 0.521. The Morgan fingerprint density at radius 1 is 1.47 bits per heavy atom. The van der Waals surface area contributed by atoms with E-state index < -0.39 is 0 Å². The van der Waals surface area contributed by atoms with Crippen LogP contribution < -0.4 is 11.3 Å². The van der Waals surface area contributed by atoms with Crippen molar-refractivity contribution in [2.75, 3.05) is 0 Å². The van der Waals surface area contributed by atoms with Crippen molar-refractivity contribution in [3.8, 4) is 0 Å². The Morgan fingerprint density at radius 2 is 2.29 bits per heavy atom. The summed E-state index contributed by atoms with van der Waals surface area (Å²) in [5, 5.41) is 0. The molecule has 0 spiro atoms. The molecule has 17 heavy (non-hydrogen) atoms. The third-order valence-corrected chi connectivity index (χ3v) is 2.93. The van der Waals surface area contributed by atoms with Gasteiger partial charge in [0.05, 0.1) is 18.1 Å². The lowest BCUT2D eigenvalue weighted by Crippen LogP contribution is -2.30. The third kappa shape index (κ3) is 2.72. The molecular weight excluding hydrogens is 212 g/mol. The number of benzene rings is 1. The smallest absolute Gasteiger partial charge is 0.0946 e. The van der Waals surface area contributed by atoms with Gasteiger partial charge in [-0.1, -0.05) is 29.8 Å². The molecule has 1 aromatic carbocycles. The molecule has 1 atom stereocenters. The van der Waals surface area contributed by atoms with Crippen LogP contribution in [0.3, 0.4) is 0 Å². The van der Waals surface area contributed by atoms with Crippen molar-refractivity contribution in [2.45, 2.75) is 19.4 Å². The minimum absolute atomic E-state index is 0.0873. The lowest BCUT2D eigenvalue weighted by Gasteiger charge is -2.16. The monoisotopic (exact) mass is 230 g/mol. The molecule has 4 nitrogen and oxygen atoms in total. The molecule has 0 aliphatic carbocycles. The molecule has 0 amide bonds. The van der Waals surface area contributed by atoms with Crippen LogP contribution >= 0.6 is 0 Å². The second-order valence-corrected chi connectivity index (χ2v) is 4.34. The number of aryl methyl sites for hydroxylation is 2. The first-order valence-electron chi connectivity index (χ1n) is 5.68. The van der Waals surface area contributed by atoms with Crippen molar-refractivity contribution in [3.05, 3.63) is 53.6 Å². The van der Waals surface area contributed by atoms with Crippen molar-refractivity contribution in [2.24, 2.45) is 12.9 Å². The molecule has 90 valence electrons. The van der Waals surface area contributed by atoms with Crippen LogP contribution in [0, 0.1) is 6.92 Å². The minimum atomic E-state index is 0.0873. The second-order valence-electron chi connectivity index (χ2n) is 4.34. The molecule has 1 unspecified atom stereocenters. The van der Waals surface area contributed by atoms with E-state index in [2.05, 4.69) is 41.6 Å². The molecular formula is C13H18N4. The molecule has 0 aliphatic heterocycles. The standard InChI is InChI=1S/C13H18N4/c1-10-4-3-5-11(6-10)7-12(16-14)13-8-15-9-17(13)2/h3-6,8-9,12,16H,7,14H2,1-2H3. The van der Waals surface area contributed by atoms with E-state index in [1.165, 1.54) is 11.1 Å². The van der Waals surface area contributed by atoms with Crippen molar-refractivity contribution in [3.63, 3.8) is 0 Å². The molecule has 0 saturated heterocycles. The Labute approximate surface area is 101 Å². The number of aromatic nitrogens is 2. The predicted octanol–water partition coefficient (Wildman–Crippen LogP) is 1.48. The fourth-order valence-corrected chi connectivity index (χ4v) is 2.03. The Bertz CT molecular complexity index is 490. The van der Waals surface area contributed by atoms with Gasteiger partial charge in [0.1, 0.15) is 0 Å². The van der Waals surface area contributed by atoms with E-state index >= 15 is 0 Å². The number of hydrogen-bond acceptors (Lipinski definition) is 3. The first kappa shape index (κ1) is 11.8. The molecule has 3 N–H and O–H groups in total. The summed E-state index contributed by atoms with van der Waals surface area (Å²) < 4.78 is 1.99. The van der Waals surface area contributed by atoms with Crippen LogP contribution in [0.15, 0.2) is 36.8 Å². The molecule has 1 heterocycles. The second kappa shape index (κ2) is 5.12. The van der Waals surface area contributed by atoms with E-state index in [1.807, 2.05) is 17.8 Å². The Hall–Kier alpha value is -1.65. The molecule has 4 heteroatoms. The molecule has 0 bridgehead atoms. The highest BCUT2D eigenvalue weighted by Crippen LogP contribution is 2.17. The summed E-state index contributed by atoms with van der Waals surface area (Å²) in [6.07, 6.45) is 4.49. The van der Waals surface area contributed by atoms with E-state index in [4.69, 9.17) is 5.84 Å². The van der Waals surface area contributed by atoms with Crippen molar-refractivity contribution in [1.29, 1.82) is 0 Å². The summed E-state index contributed by atoms with van der Waals surface area (Å²) in [6.45, 7) is 2.10. The highest BCUT2D eigenvalue weighted by Gasteiger charge is 2.13. The average molecular weight is 230 g/mol. The van der Waals surface area contributed by atoms with E-state index in [0.717, 1.165) is 12.1 Å². The Balaban J connectivity index is 2.19. The predicted molar refractivity (Wildman–Crippen MR) is 68.2 cm³/mol. The van der Waals surface area contributed by atoms with Gasteiger partial charge < -0.3 is 4.57 Å². The number of nitrogens with one attached hydrogen (secondary N) is 1. The van der Waals surface area contributed by atoms with E-state index in [1.54, 1.807) is 6.33 Å². The lowest BCUT2D eigenvalue weighted by atomic mass is 10.0. The van der Waals surface area contributed by atoms with Crippen molar-refractivity contribution < 1.29 is 0 Å². The first-order valence-corrected chi connectivity index (χ1v) is 5.68. The van der Waals surface area contributed by atoms with Crippen LogP contribution in [0.5, 0.6) is 0 Å². The van der Waals surface area contributed by atoms with Gasteiger partial charge in [0, 0.05) is 13.2 Å². The fourth-order valence-electron chi connectivity index (χ4n) is 2.03. The Kier molecular flexibility index (Phi) is 3.56. The largest absolute Gasteiger partial charge is 0.336 e. The zero-order valence-corrected chi connectivity index (χ0v) is 10.2. The zero-order valence-electron chi connectivity index (χ0n) is 10.2. The fraction of sp³-hybridized carbons (Fsp3) is 0.308. The maximum Gasteiger partial charge on any atom is 0.0946 e. The van der Waals surface area contributed by atoms with Gasteiger partial charge in [0.2, 0.25) is 0 Å². The van der Waals surface area contributed by atoms with Gasteiger partial charge in [0.25, 0.3) is 0 Å². The summed E-state index contributed by atoms with van der Waals surface area (Å²) in [7, 11) is 1.98. The maximum absolute atomic E-state index is 5.63. The topological polar surface area (TPSA) is 55.9 Å². The van der Waals surface area contributed by atoms with Gasteiger partial charge in [0.15, 0.2) is 0 Å². The van der Waals surface area contributed by atoms with Gasteiger partial charge in [-0.15, -0.1) is 0 Å². The number of rotatable bonds is 4. The summed E-state index contributed by atoms with van der Waals surface area (Å²) in [5.74, 6) is 5.63. The van der Waals surface area contributed by atoms with Crippen LogP contribution in [0.2, 0.25) is 0 Å². The van der Waals surface area contributed by atoms with E-state index in [9.17, 15) is 0 Å². The number of hydrazine groups is 1. The Morgan fingerprint density at radius 3 is 2.88 bits per heavy atom. The van der Waals surface area contributed by atoms with Gasteiger partial charge >= 0.3 is 0 Å². The van der Waals surface area contributed by atoms with Gasteiger partial charge in [-0.2, -0.15) is 0 Å². The molecule has 2 rings (SSSR count). The van der Waals surface area contributed by atoms with Crippen LogP contribution in [0.4, 0.5) is 0 Å². The number of nitrogens with zero attached hydrogens (tertiary/aromatic N) is 2. The minimum Gasteiger partial charge on any atom is -0.336 e. The summed E-state index contributed by atoms with van der Waals surface area (Å²) in [4.78, 5) is 4.12. The van der Waals surface area contributed by atoms with Crippen LogP contribution in [-0.4, -0.2) is 9.55 Å². The van der Waals surface area contributed by atoms with Crippen molar-refractivity contribution in [1.82, 2.24) is 15.0 Å². The SMILES string of the molecule is Cc1cccc(CC(NN)c2cncn2C)c1. The van der Waals surface area contributed by atoms with E-state index in [-0.39, 0.29) is 6.04 Å². The van der Waals surface area contributed by atoms with Gasteiger partial charge in [-0.25, -0.2) is 4.98 Å². The van der Waals surface area contributed by atoms with Crippen LogP contribution in [0.1, 0.15) is 22.9 Å². The molecule has 0 saturated carbocycles. The van der Waals surface area contributed by atoms with Crippen LogP contribution in [0.25, 0.3) is 0 Å². The number of hydrogen-bond donors (Lipinski definition) is 2. The molecule has 0 aliphatic rings. The number of nitrogens with two attached hydrogens (primary N) is 1. The van der Waals surface area contributed by atoms with Crippen molar-refractivity contribution >= 4 is 0 Å². The summed E-state index contributed by atoms with van der Waals surface area (Å²) >= 11 is 0. The van der Waals surface area contributed by atoms with E-state index in [0.29, 0.717) is 0 Å². The average Bonchev–Trinajstić information content (AvgIpc) is 2.72. The maximum atomic E-state index is 5.63. The third-order valence-electron chi connectivity index (χ3n) is 2.93. The molecule has 0 radical (unpaired) electrons. The normalized spacial score (nSPS) is 12.6. The zero-order chi connectivity index (χ0) is 12.3. The highest BCUT2D eigenvalue weighted by molar-refractivity contribution is 5.24. The summed E-state index contributed by atoms with van der Waals surface area (Å²) in [5.41, 5.74) is 6.48. The molecule has 1 aromatic heterocycles. The first-order chi connectivity index (χ1) is 8.20. The van der Waals surface area contributed by atoms with Crippen LogP contribution in [-0.2, 0) is 13.5 Å². The molecule has 0 fully saturated rings. The number of imidazole rings is 1. The van der Waals surface area contributed by atoms with Gasteiger partial charge in [-0.3, -0.25) is 11.3 Å².